The Balaban J connectivity index is 2.16. The lowest BCUT2D eigenvalue weighted by atomic mass is 10.0. The van der Waals surface area contributed by atoms with Crippen LogP contribution in [0.2, 0.25) is 5.15 Å². The van der Waals surface area contributed by atoms with E-state index in [2.05, 4.69) is 5.10 Å². The normalized spacial score (nSPS) is 18.7. The minimum atomic E-state index is -0.499. The van der Waals surface area contributed by atoms with Crippen LogP contribution in [0.15, 0.2) is 6.08 Å². The van der Waals surface area contributed by atoms with E-state index >= 15 is 0 Å². The van der Waals surface area contributed by atoms with Crippen LogP contribution in [-0.2, 0) is 21.4 Å². The van der Waals surface area contributed by atoms with Gasteiger partial charge in [-0.15, -0.1) is 0 Å². The van der Waals surface area contributed by atoms with E-state index in [-0.39, 0.29) is 11.9 Å². The molecule has 0 N–H and O–H groups in total. The Bertz CT molecular complexity index is 609. The Morgan fingerprint density at radius 2 is 2.14 bits per heavy atom. The number of amides is 1. The fourth-order valence-electron chi connectivity index (χ4n) is 2.66. The Morgan fingerprint density at radius 1 is 1.41 bits per heavy atom. The lowest BCUT2D eigenvalue weighted by molar-refractivity contribution is -0.153. The average Bonchev–Trinajstić information content (AvgIpc) is 2.77. The van der Waals surface area contributed by atoms with E-state index in [4.69, 9.17) is 16.3 Å². The van der Waals surface area contributed by atoms with Gasteiger partial charge in [-0.2, -0.15) is 5.10 Å². The summed E-state index contributed by atoms with van der Waals surface area (Å²) in [6.45, 7) is 2.39. The number of aryl methyl sites for hydroxylation is 2. The maximum absolute atomic E-state index is 12.4. The molecule has 0 aromatic carbocycles. The van der Waals surface area contributed by atoms with Crippen LogP contribution in [0.4, 0.5) is 0 Å². The summed E-state index contributed by atoms with van der Waals surface area (Å²) >= 11 is 6.14. The van der Waals surface area contributed by atoms with Crippen molar-refractivity contribution in [3.8, 4) is 0 Å². The van der Waals surface area contributed by atoms with Gasteiger partial charge in [0.05, 0.1) is 12.8 Å². The first-order valence-corrected chi connectivity index (χ1v) is 7.59. The monoisotopic (exact) mass is 325 g/mol. The SMILES string of the molecule is COC(=O)[C@@H]1CCCCN1C(=O)/C=C/c1c(C)nn(C)c1Cl. The number of rotatable bonds is 3. The first-order valence-electron chi connectivity index (χ1n) is 7.21. The third kappa shape index (κ3) is 3.32. The number of piperidine rings is 1. The molecule has 6 nitrogen and oxygen atoms in total. The summed E-state index contributed by atoms with van der Waals surface area (Å²) in [5.74, 6) is -0.577. The summed E-state index contributed by atoms with van der Waals surface area (Å²) < 4.78 is 6.34. The minimum absolute atomic E-state index is 0.214. The van der Waals surface area contributed by atoms with Crippen molar-refractivity contribution in [1.82, 2.24) is 14.7 Å². The number of carbonyl (C=O) groups is 2. The van der Waals surface area contributed by atoms with Crippen LogP contribution in [0.3, 0.4) is 0 Å². The number of hydrogen-bond acceptors (Lipinski definition) is 4. The number of hydrogen-bond donors (Lipinski definition) is 0. The molecule has 2 rings (SSSR count). The van der Waals surface area contributed by atoms with Gasteiger partial charge in [0, 0.05) is 25.2 Å². The van der Waals surface area contributed by atoms with Crippen molar-refractivity contribution in [2.75, 3.05) is 13.7 Å². The second-order valence-corrected chi connectivity index (χ2v) is 5.67. The Labute approximate surface area is 134 Å². The van der Waals surface area contributed by atoms with Crippen molar-refractivity contribution in [3.05, 3.63) is 22.5 Å². The number of carbonyl (C=O) groups excluding carboxylic acids is 2. The van der Waals surface area contributed by atoms with Crippen LogP contribution >= 0.6 is 11.6 Å². The van der Waals surface area contributed by atoms with Gasteiger partial charge in [-0.1, -0.05) is 11.6 Å². The molecule has 2 heterocycles. The quantitative estimate of drug-likeness (QED) is 0.629. The zero-order valence-corrected chi connectivity index (χ0v) is 13.8. The molecule has 1 aliphatic rings. The summed E-state index contributed by atoms with van der Waals surface area (Å²) in [6.07, 6.45) is 5.53. The van der Waals surface area contributed by atoms with Gasteiger partial charge in [0.1, 0.15) is 11.2 Å². The number of nitrogens with zero attached hydrogens (tertiary/aromatic N) is 3. The van der Waals surface area contributed by atoms with Crippen molar-refractivity contribution < 1.29 is 14.3 Å². The van der Waals surface area contributed by atoms with E-state index in [1.165, 1.54) is 13.2 Å². The van der Waals surface area contributed by atoms with E-state index in [0.717, 1.165) is 18.5 Å². The number of aromatic nitrogens is 2. The van der Waals surface area contributed by atoms with Crippen LogP contribution in [-0.4, -0.2) is 46.3 Å². The van der Waals surface area contributed by atoms with Crippen LogP contribution in [0.5, 0.6) is 0 Å². The summed E-state index contributed by atoms with van der Waals surface area (Å²) in [5, 5.41) is 4.67. The maximum Gasteiger partial charge on any atom is 0.328 e. The van der Waals surface area contributed by atoms with E-state index in [1.54, 1.807) is 22.7 Å². The largest absolute Gasteiger partial charge is 0.467 e. The fraction of sp³-hybridized carbons (Fsp3) is 0.533. The third-order valence-electron chi connectivity index (χ3n) is 3.85. The fourth-order valence-corrected chi connectivity index (χ4v) is 2.90. The molecule has 120 valence electrons. The van der Waals surface area contributed by atoms with Crippen molar-refractivity contribution >= 4 is 29.6 Å². The molecular formula is C15H20ClN3O3. The van der Waals surface area contributed by atoms with E-state index in [1.807, 2.05) is 6.92 Å². The Morgan fingerprint density at radius 3 is 2.73 bits per heavy atom. The number of methoxy groups -OCH3 is 1. The first kappa shape index (κ1) is 16.5. The second kappa shape index (κ2) is 6.96. The zero-order valence-electron chi connectivity index (χ0n) is 13.0. The molecule has 0 spiro atoms. The molecule has 1 saturated heterocycles. The highest BCUT2D eigenvalue weighted by atomic mass is 35.5. The van der Waals surface area contributed by atoms with Gasteiger partial charge >= 0.3 is 5.97 Å². The van der Waals surface area contributed by atoms with Crippen molar-refractivity contribution in [2.24, 2.45) is 7.05 Å². The van der Waals surface area contributed by atoms with Crippen LogP contribution < -0.4 is 0 Å². The number of likely N-dealkylation sites (tertiary alicyclic amines) is 1. The maximum atomic E-state index is 12.4. The summed E-state index contributed by atoms with van der Waals surface area (Å²) in [5.41, 5.74) is 1.46. The summed E-state index contributed by atoms with van der Waals surface area (Å²) in [7, 11) is 3.08. The molecule has 1 aliphatic heterocycles. The highest BCUT2D eigenvalue weighted by Crippen LogP contribution is 2.22. The Kier molecular flexibility index (Phi) is 5.24. The van der Waals surface area contributed by atoms with Gasteiger partial charge < -0.3 is 9.64 Å². The molecule has 1 fully saturated rings. The molecular weight excluding hydrogens is 306 g/mol. The topological polar surface area (TPSA) is 64.4 Å². The minimum Gasteiger partial charge on any atom is -0.467 e. The van der Waals surface area contributed by atoms with Gasteiger partial charge in [0.25, 0.3) is 0 Å². The first-order chi connectivity index (χ1) is 10.5. The van der Waals surface area contributed by atoms with E-state index in [0.29, 0.717) is 23.7 Å². The molecule has 22 heavy (non-hydrogen) atoms. The van der Waals surface area contributed by atoms with Crippen LogP contribution in [0.1, 0.15) is 30.5 Å². The van der Waals surface area contributed by atoms with Gasteiger partial charge in [-0.25, -0.2) is 4.79 Å². The van der Waals surface area contributed by atoms with E-state index in [9.17, 15) is 9.59 Å². The molecule has 7 heteroatoms. The number of ether oxygens (including phenoxy) is 1. The second-order valence-electron chi connectivity index (χ2n) is 5.31. The van der Waals surface area contributed by atoms with Crippen molar-refractivity contribution in [1.29, 1.82) is 0 Å². The Hall–Kier alpha value is -1.82. The predicted molar refractivity (Wildman–Crippen MR) is 83.4 cm³/mol. The van der Waals surface area contributed by atoms with Gasteiger partial charge in [0.15, 0.2) is 0 Å². The molecule has 0 aliphatic carbocycles. The van der Waals surface area contributed by atoms with Gasteiger partial charge in [-0.05, 0) is 32.3 Å². The highest BCUT2D eigenvalue weighted by molar-refractivity contribution is 6.31. The zero-order chi connectivity index (χ0) is 16.3. The molecule has 1 amide bonds. The highest BCUT2D eigenvalue weighted by Gasteiger charge is 2.31. The van der Waals surface area contributed by atoms with Crippen LogP contribution in [0, 0.1) is 6.92 Å². The molecule has 0 saturated carbocycles. The average molecular weight is 326 g/mol. The lowest BCUT2D eigenvalue weighted by Crippen LogP contribution is -2.47. The van der Waals surface area contributed by atoms with Gasteiger partial charge in [-0.3, -0.25) is 9.48 Å². The molecule has 1 aromatic heterocycles. The van der Waals surface area contributed by atoms with E-state index < -0.39 is 6.04 Å². The molecule has 0 radical (unpaired) electrons. The predicted octanol–water partition coefficient (Wildman–Crippen LogP) is 1.95. The molecule has 0 bridgehead atoms. The number of esters is 1. The van der Waals surface area contributed by atoms with Crippen molar-refractivity contribution in [3.63, 3.8) is 0 Å². The lowest BCUT2D eigenvalue weighted by Gasteiger charge is -2.32. The standard InChI is InChI=1S/C15H20ClN3O3/c1-10-11(14(16)18(2)17-10)7-8-13(20)19-9-5-4-6-12(19)15(21)22-3/h7-8,12H,4-6,9H2,1-3H3/b8-7+/t12-/m0/s1. The summed E-state index contributed by atoms with van der Waals surface area (Å²) in [6, 6.07) is -0.499. The molecule has 0 unspecified atom stereocenters. The molecule has 1 aromatic rings. The van der Waals surface area contributed by atoms with Crippen LogP contribution in [0.25, 0.3) is 6.08 Å². The third-order valence-corrected chi connectivity index (χ3v) is 4.30. The number of halogens is 1. The van der Waals surface area contributed by atoms with Gasteiger partial charge in [0.2, 0.25) is 5.91 Å². The molecule has 1 atom stereocenters. The van der Waals surface area contributed by atoms with Crippen molar-refractivity contribution in [2.45, 2.75) is 32.2 Å². The smallest absolute Gasteiger partial charge is 0.328 e. The summed E-state index contributed by atoms with van der Waals surface area (Å²) in [4.78, 5) is 25.7.